The van der Waals surface area contributed by atoms with Crippen LogP contribution in [0.15, 0.2) is 65.5 Å². The van der Waals surface area contributed by atoms with Crippen LogP contribution in [0.4, 0.5) is 0 Å². The van der Waals surface area contributed by atoms with E-state index in [4.69, 9.17) is 9.15 Å². The minimum Gasteiger partial charge on any atom is -0.497 e. The summed E-state index contributed by atoms with van der Waals surface area (Å²) >= 11 is 0. The molecule has 2 aromatic carbocycles. The number of carbonyl (C=O) groups excluding carboxylic acids is 1. The van der Waals surface area contributed by atoms with Gasteiger partial charge < -0.3 is 19.6 Å². The number of methoxy groups -OCH3 is 1. The molecule has 0 bridgehead atoms. The van der Waals surface area contributed by atoms with Gasteiger partial charge in [0.1, 0.15) is 5.75 Å². The van der Waals surface area contributed by atoms with Gasteiger partial charge in [-0.15, -0.1) is 0 Å². The maximum absolute atomic E-state index is 12.2. The highest BCUT2D eigenvalue weighted by atomic mass is 16.5. The van der Waals surface area contributed by atoms with Crippen LogP contribution in [0.1, 0.15) is 22.0 Å². The summed E-state index contributed by atoms with van der Waals surface area (Å²) in [6, 6.07) is 14.0. The number of aliphatic hydroxyl groups is 1. The van der Waals surface area contributed by atoms with E-state index in [1.807, 2.05) is 0 Å². The smallest absolute Gasteiger partial charge is 0.251 e. The molecule has 6 heteroatoms. The summed E-state index contributed by atoms with van der Waals surface area (Å²) in [7, 11) is 1.58. The second kappa shape index (κ2) is 7.63. The summed E-state index contributed by atoms with van der Waals surface area (Å²) in [6.45, 7) is 0.120. The SMILES string of the molecule is COc1ccc(C(O)CNC(=O)c2ccc(-c3cnco3)cc2)cc1. The number of nitrogens with one attached hydrogen (secondary N) is 1. The fraction of sp³-hybridized carbons (Fsp3) is 0.158. The molecule has 0 fully saturated rings. The number of carbonyl (C=O) groups is 1. The van der Waals surface area contributed by atoms with E-state index >= 15 is 0 Å². The van der Waals surface area contributed by atoms with Crippen molar-refractivity contribution in [2.24, 2.45) is 0 Å². The predicted molar refractivity (Wildman–Crippen MR) is 92.2 cm³/mol. The van der Waals surface area contributed by atoms with Gasteiger partial charge in [0.25, 0.3) is 5.91 Å². The lowest BCUT2D eigenvalue weighted by molar-refractivity contribution is 0.0916. The maximum Gasteiger partial charge on any atom is 0.251 e. The highest BCUT2D eigenvalue weighted by Crippen LogP contribution is 2.19. The molecule has 0 aliphatic heterocycles. The molecule has 0 saturated carbocycles. The fourth-order valence-corrected chi connectivity index (χ4v) is 2.38. The maximum atomic E-state index is 12.2. The van der Waals surface area contributed by atoms with Crippen molar-refractivity contribution in [2.45, 2.75) is 6.10 Å². The molecule has 1 atom stereocenters. The zero-order valence-electron chi connectivity index (χ0n) is 13.7. The first-order valence-electron chi connectivity index (χ1n) is 7.76. The Balaban J connectivity index is 1.58. The Morgan fingerprint density at radius 2 is 1.92 bits per heavy atom. The van der Waals surface area contributed by atoms with Gasteiger partial charge in [0.15, 0.2) is 12.2 Å². The predicted octanol–water partition coefficient (Wildman–Crippen LogP) is 2.81. The monoisotopic (exact) mass is 338 g/mol. The number of hydrogen-bond donors (Lipinski definition) is 2. The molecule has 0 spiro atoms. The van der Waals surface area contributed by atoms with Gasteiger partial charge in [0, 0.05) is 17.7 Å². The summed E-state index contributed by atoms with van der Waals surface area (Å²) in [5.41, 5.74) is 2.05. The number of ether oxygens (including phenoxy) is 1. The molecule has 3 rings (SSSR count). The quantitative estimate of drug-likeness (QED) is 0.722. The average molecular weight is 338 g/mol. The van der Waals surface area contributed by atoms with Crippen LogP contribution in [0.25, 0.3) is 11.3 Å². The molecule has 0 saturated heterocycles. The molecule has 1 aromatic heterocycles. The van der Waals surface area contributed by atoms with Crippen molar-refractivity contribution >= 4 is 5.91 Å². The highest BCUT2D eigenvalue weighted by molar-refractivity contribution is 5.94. The molecule has 1 heterocycles. The summed E-state index contributed by atoms with van der Waals surface area (Å²) in [6.07, 6.45) is 2.18. The zero-order valence-corrected chi connectivity index (χ0v) is 13.7. The second-order valence-electron chi connectivity index (χ2n) is 5.44. The zero-order chi connectivity index (χ0) is 17.6. The van der Waals surface area contributed by atoms with E-state index in [0.29, 0.717) is 22.6 Å². The van der Waals surface area contributed by atoms with Gasteiger partial charge in [0.2, 0.25) is 0 Å². The molecule has 0 aliphatic rings. The van der Waals surface area contributed by atoms with Gasteiger partial charge in [-0.25, -0.2) is 4.98 Å². The van der Waals surface area contributed by atoms with Crippen molar-refractivity contribution in [3.8, 4) is 17.1 Å². The van der Waals surface area contributed by atoms with Crippen molar-refractivity contribution in [1.82, 2.24) is 10.3 Å². The number of benzene rings is 2. The van der Waals surface area contributed by atoms with E-state index in [1.165, 1.54) is 6.39 Å². The Labute approximate surface area is 145 Å². The first kappa shape index (κ1) is 16.7. The largest absolute Gasteiger partial charge is 0.497 e. The Kier molecular flexibility index (Phi) is 5.11. The minimum absolute atomic E-state index is 0.120. The van der Waals surface area contributed by atoms with E-state index in [-0.39, 0.29) is 12.5 Å². The molecular weight excluding hydrogens is 320 g/mol. The van der Waals surface area contributed by atoms with Crippen LogP contribution >= 0.6 is 0 Å². The first-order valence-corrected chi connectivity index (χ1v) is 7.76. The summed E-state index contributed by atoms with van der Waals surface area (Å²) < 4.78 is 10.3. The fourth-order valence-electron chi connectivity index (χ4n) is 2.38. The van der Waals surface area contributed by atoms with Crippen molar-refractivity contribution in [1.29, 1.82) is 0 Å². The molecule has 25 heavy (non-hydrogen) atoms. The third-order valence-corrected chi connectivity index (χ3v) is 3.82. The molecule has 3 aromatic rings. The number of rotatable bonds is 6. The number of aliphatic hydroxyl groups excluding tert-OH is 1. The van der Waals surface area contributed by atoms with Crippen LogP contribution in [0.2, 0.25) is 0 Å². The van der Waals surface area contributed by atoms with Gasteiger partial charge in [-0.1, -0.05) is 24.3 Å². The molecule has 0 radical (unpaired) electrons. The van der Waals surface area contributed by atoms with E-state index < -0.39 is 6.10 Å². The number of amides is 1. The van der Waals surface area contributed by atoms with Gasteiger partial charge in [-0.2, -0.15) is 0 Å². The number of aromatic nitrogens is 1. The summed E-state index contributed by atoms with van der Waals surface area (Å²) in [4.78, 5) is 16.1. The van der Waals surface area contributed by atoms with E-state index in [0.717, 1.165) is 5.56 Å². The Morgan fingerprint density at radius 3 is 2.52 bits per heavy atom. The van der Waals surface area contributed by atoms with Crippen LogP contribution in [0.5, 0.6) is 5.75 Å². The van der Waals surface area contributed by atoms with Crippen molar-refractivity contribution in [2.75, 3.05) is 13.7 Å². The highest BCUT2D eigenvalue weighted by Gasteiger charge is 2.11. The van der Waals surface area contributed by atoms with Gasteiger partial charge in [-0.05, 0) is 29.8 Å². The van der Waals surface area contributed by atoms with Crippen LogP contribution < -0.4 is 10.1 Å². The lowest BCUT2D eigenvalue weighted by Gasteiger charge is -2.13. The van der Waals surface area contributed by atoms with E-state index in [9.17, 15) is 9.90 Å². The third-order valence-electron chi connectivity index (χ3n) is 3.82. The molecule has 0 aliphatic carbocycles. The lowest BCUT2D eigenvalue weighted by atomic mass is 10.1. The lowest BCUT2D eigenvalue weighted by Crippen LogP contribution is -2.28. The minimum atomic E-state index is -0.789. The molecule has 1 amide bonds. The Morgan fingerprint density at radius 1 is 1.20 bits per heavy atom. The van der Waals surface area contributed by atoms with E-state index in [2.05, 4.69) is 10.3 Å². The summed E-state index contributed by atoms with van der Waals surface area (Å²) in [5, 5.41) is 12.9. The van der Waals surface area contributed by atoms with Gasteiger partial charge in [-0.3, -0.25) is 4.79 Å². The third kappa shape index (κ3) is 4.05. The molecule has 2 N–H and O–H groups in total. The van der Waals surface area contributed by atoms with Gasteiger partial charge >= 0.3 is 0 Å². The van der Waals surface area contributed by atoms with Crippen LogP contribution in [0.3, 0.4) is 0 Å². The standard InChI is InChI=1S/C19H18N2O4/c1-24-16-8-6-13(7-9-16)17(22)10-21-19(23)15-4-2-14(3-5-15)18-11-20-12-25-18/h2-9,11-12,17,22H,10H2,1H3,(H,21,23). The number of oxazole rings is 1. The average Bonchev–Trinajstić information content (AvgIpc) is 3.21. The molecular formula is C19H18N2O4. The molecule has 128 valence electrons. The van der Waals surface area contributed by atoms with Crippen molar-refractivity contribution in [3.63, 3.8) is 0 Å². The normalized spacial score (nSPS) is 11.8. The second-order valence-corrected chi connectivity index (χ2v) is 5.44. The van der Waals surface area contributed by atoms with Crippen LogP contribution in [-0.2, 0) is 0 Å². The van der Waals surface area contributed by atoms with E-state index in [1.54, 1.807) is 61.8 Å². The molecule has 6 nitrogen and oxygen atoms in total. The topological polar surface area (TPSA) is 84.6 Å². The van der Waals surface area contributed by atoms with Crippen molar-refractivity contribution < 1.29 is 19.1 Å². The summed E-state index contributed by atoms with van der Waals surface area (Å²) in [5.74, 6) is 1.10. The van der Waals surface area contributed by atoms with Crippen LogP contribution in [-0.4, -0.2) is 29.7 Å². The van der Waals surface area contributed by atoms with Crippen LogP contribution in [0, 0.1) is 0 Å². The Hall–Kier alpha value is -3.12. The van der Waals surface area contributed by atoms with Gasteiger partial charge in [0.05, 0.1) is 19.4 Å². The first-order chi connectivity index (χ1) is 12.2. The molecule has 1 unspecified atom stereocenters. The van der Waals surface area contributed by atoms with Crippen molar-refractivity contribution in [3.05, 3.63) is 72.2 Å². The number of nitrogens with zero attached hydrogens (tertiary/aromatic N) is 1. The Bertz CT molecular complexity index is 812. The number of hydrogen-bond acceptors (Lipinski definition) is 5.